The van der Waals surface area contributed by atoms with Gasteiger partial charge in [-0.15, -0.1) is 0 Å². The van der Waals surface area contributed by atoms with Crippen molar-refractivity contribution >= 4 is 0 Å². The Labute approximate surface area is 85.0 Å². The molecule has 1 unspecified atom stereocenters. The zero-order chi connectivity index (χ0) is 10.0. The molecule has 0 amide bonds. The minimum atomic E-state index is -0.388. The smallest absolute Gasteiger partial charge is 0.0964 e. The largest absolute Gasteiger partial charge is 0.387 e. The van der Waals surface area contributed by atoms with E-state index in [-0.39, 0.29) is 6.10 Å². The van der Waals surface area contributed by atoms with Gasteiger partial charge < -0.3 is 5.11 Å². The molecule has 1 aromatic heterocycles. The van der Waals surface area contributed by atoms with E-state index in [0.717, 1.165) is 12.1 Å². The van der Waals surface area contributed by atoms with Crippen molar-refractivity contribution in [2.75, 3.05) is 0 Å². The van der Waals surface area contributed by atoms with E-state index in [0.29, 0.717) is 5.41 Å². The maximum Gasteiger partial charge on any atom is 0.0964 e. The predicted molar refractivity (Wildman–Crippen MR) is 55.8 cm³/mol. The van der Waals surface area contributed by atoms with Crippen molar-refractivity contribution in [3.63, 3.8) is 0 Å². The van der Waals surface area contributed by atoms with Crippen LogP contribution < -0.4 is 0 Å². The fraction of sp³-hybridized carbons (Fsp3) is 0.583. The van der Waals surface area contributed by atoms with Gasteiger partial charge in [0.25, 0.3) is 0 Å². The first-order chi connectivity index (χ1) is 6.70. The summed E-state index contributed by atoms with van der Waals surface area (Å²) < 4.78 is 0. The van der Waals surface area contributed by atoms with Gasteiger partial charge in [-0.25, -0.2) is 0 Å². The summed E-state index contributed by atoms with van der Waals surface area (Å²) in [5, 5.41) is 9.96. The van der Waals surface area contributed by atoms with Gasteiger partial charge in [-0.3, -0.25) is 4.98 Å². The highest BCUT2D eigenvalue weighted by Gasteiger charge is 2.34. The van der Waals surface area contributed by atoms with Gasteiger partial charge in [0.05, 0.1) is 11.8 Å². The van der Waals surface area contributed by atoms with Crippen molar-refractivity contribution in [1.82, 2.24) is 4.98 Å². The van der Waals surface area contributed by atoms with E-state index in [1.807, 2.05) is 18.2 Å². The second-order valence-corrected chi connectivity index (χ2v) is 4.64. The molecule has 1 aliphatic carbocycles. The van der Waals surface area contributed by atoms with Crippen LogP contribution in [-0.2, 0) is 0 Å². The molecular weight excluding hydrogens is 174 g/mol. The van der Waals surface area contributed by atoms with E-state index in [1.54, 1.807) is 6.20 Å². The van der Waals surface area contributed by atoms with Gasteiger partial charge in [0.15, 0.2) is 0 Å². The van der Waals surface area contributed by atoms with Gasteiger partial charge >= 0.3 is 0 Å². The highest BCUT2D eigenvalue weighted by molar-refractivity contribution is 5.07. The van der Waals surface area contributed by atoms with E-state index in [4.69, 9.17) is 0 Å². The van der Waals surface area contributed by atoms with E-state index < -0.39 is 0 Å². The quantitative estimate of drug-likeness (QED) is 0.796. The number of aliphatic hydroxyl groups is 1. The summed E-state index contributed by atoms with van der Waals surface area (Å²) in [6.45, 7) is 2.25. The summed E-state index contributed by atoms with van der Waals surface area (Å²) in [5.41, 5.74) is 1.16. The van der Waals surface area contributed by atoms with Crippen LogP contribution in [0.2, 0.25) is 0 Å². The third kappa shape index (κ3) is 1.95. The van der Waals surface area contributed by atoms with E-state index in [2.05, 4.69) is 11.9 Å². The first kappa shape index (κ1) is 9.66. The van der Waals surface area contributed by atoms with Crippen molar-refractivity contribution in [2.24, 2.45) is 5.41 Å². The molecule has 1 N–H and O–H groups in total. The number of aromatic nitrogens is 1. The fourth-order valence-electron chi connectivity index (χ4n) is 2.13. The highest BCUT2D eigenvalue weighted by Crippen LogP contribution is 2.46. The molecule has 76 valence electrons. The van der Waals surface area contributed by atoms with Crippen LogP contribution in [0.5, 0.6) is 0 Å². The molecule has 2 heteroatoms. The molecule has 14 heavy (non-hydrogen) atoms. The molecule has 1 atom stereocenters. The topological polar surface area (TPSA) is 33.1 Å². The minimum absolute atomic E-state index is 0.358. The molecule has 1 aliphatic rings. The lowest BCUT2D eigenvalue weighted by molar-refractivity contribution is 0.0524. The number of nitrogens with zero attached hydrogens (tertiary/aromatic N) is 1. The zero-order valence-electron chi connectivity index (χ0n) is 8.61. The van der Waals surface area contributed by atoms with Crippen molar-refractivity contribution in [3.8, 4) is 0 Å². The van der Waals surface area contributed by atoms with Crippen molar-refractivity contribution in [3.05, 3.63) is 30.1 Å². The Bertz CT molecular complexity index is 292. The summed E-state index contributed by atoms with van der Waals surface area (Å²) in [4.78, 5) is 4.17. The molecule has 0 saturated heterocycles. The Morgan fingerprint density at radius 2 is 2.29 bits per heavy atom. The lowest BCUT2D eigenvalue weighted by Crippen LogP contribution is -2.27. The first-order valence-corrected chi connectivity index (χ1v) is 5.29. The van der Waals surface area contributed by atoms with Gasteiger partial charge in [-0.1, -0.05) is 19.4 Å². The van der Waals surface area contributed by atoms with Crippen LogP contribution in [0.15, 0.2) is 24.4 Å². The second kappa shape index (κ2) is 3.70. The van der Waals surface area contributed by atoms with Crippen molar-refractivity contribution < 1.29 is 5.11 Å². The maximum absolute atomic E-state index is 9.96. The molecule has 1 heterocycles. The Balaban J connectivity index is 1.99. The first-order valence-electron chi connectivity index (χ1n) is 5.29. The normalized spacial score (nSPS) is 21.3. The number of hydrogen-bond donors (Lipinski definition) is 1. The molecule has 2 nitrogen and oxygen atoms in total. The Morgan fingerprint density at radius 1 is 1.50 bits per heavy atom. The summed E-state index contributed by atoms with van der Waals surface area (Å²) in [7, 11) is 0. The molecular formula is C12H17NO. The monoisotopic (exact) mass is 191 g/mol. The van der Waals surface area contributed by atoms with Gasteiger partial charge in [0, 0.05) is 6.20 Å². The van der Waals surface area contributed by atoms with Crippen LogP contribution in [0.3, 0.4) is 0 Å². The van der Waals surface area contributed by atoms with E-state index >= 15 is 0 Å². The van der Waals surface area contributed by atoms with Gasteiger partial charge in [-0.2, -0.15) is 0 Å². The lowest BCUT2D eigenvalue weighted by Gasteiger charge is -2.39. The molecule has 0 bridgehead atoms. The van der Waals surface area contributed by atoms with Crippen LogP contribution >= 0.6 is 0 Å². The van der Waals surface area contributed by atoms with E-state index in [9.17, 15) is 5.11 Å². The molecule has 1 aromatic rings. The molecule has 0 aliphatic heterocycles. The Kier molecular flexibility index (Phi) is 2.55. The Morgan fingerprint density at radius 3 is 2.79 bits per heavy atom. The van der Waals surface area contributed by atoms with Crippen LogP contribution in [0.4, 0.5) is 0 Å². The van der Waals surface area contributed by atoms with Crippen molar-refractivity contribution in [1.29, 1.82) is 0 Å². The SMILES string of the molecule is CC1(CC(O)c2ccccn2)CCC1. The Hall–Kier alpha value is -0.890. The molecule has 0 spiro atoms. The molecule has 2 rings (SSSR count). The van der Waals surface area contributed by atoms with Crippen LogP contribution in [-0.4, -0.2) is 10.1 Å². The van der Waals surface area contributed by atoms with Crippen LogP contribution in [0.25, 0.3) is 0 Å². The fourth-order valence-corrected chi connectivity index (χ4v) is 2.13. The van der Waals surface area contributed by atoms with Crippen LogP contribution in [0, 0.1) is 5.41 Å². The third-order valence-electron chi connectivity index (χ3n) is 3.28. The second-order valence-electron chi connectivity index (χ2n) is 4.64. The average molecular weight is 191 g/mol. The summed E-state index contributed by atoms with van der Waals surface area (Å²) in [6, 6.07) is 5.70. The minimum Gasteiger partial charge on any atom is -0.387 e. The zero-order valence-corrected chi connectivity index (χ0v) is 8.61. The third-order valence-corrected chi connectivity index (χ3v) is 3.28. The number of aliphatic hydroxyl groups excluding tert-OH is 1. The predicted octanol–water partition coefficient (Wildman–Crippen LogP) is 2.70. The van der Waals surface area contributed by atoms with Gasteiger partial charge in [0.1, 0.15) is 0 Å². The number of hydrogen-bond acceptors (Lipinski definition) is 2. The van der Waals surface area contributed by atoms with Gasteiger partial charge in [0.2, 0.25) is 0 Å². The van der Waals surface area contributed by atoms with Crippen LogP contribution in [0.1, 0.15) is 44.4 Å². The average Bonchev–Trinajstić information content (AvgIpc) is 2.17. The highest BCUT2D eigenvalue weighted by atomic mass is 16.3. The number of rotatable bonds is 3. The molecule has 0 aromatic carbocycles. The molecule has 1 saturated carbocycles. The lowest BCUT2D eigenvalue weighted by atomic mass is 9.67. The summed E-state index contributed by atoms with van der Waals surface area (Å²) in [5.74, 6) is 0. The standard InChI is InChI=1S/C12H17NO/c1-12(6-4-7-12)9-11(14)10-5-2-3-8-13-10/h2-3,5,8,11,14H,4,6-7,9H2,1H3. The summed E-state index contributed by atoms with van der Waals surface area (Å²) >= 11 is 0. The summed E-state index contributed by atoms with van der Waals surface area (Å²) in [6.07, 6.45) is 6.01. The van der Waals surface area contributed by atoms with Crippen molar-refractivity contribution in [2.45, 2.75) is 38.7 Å². The molecule has 1 fully saturated rings. The van der Waals surface area contributed by atoms with Gasteiger partial charge in [-0.05, 0) is 36.8 Å². The van der Waals surface area contributed by atoms with E-state index in [1.165, 1.54) is 19.3 Å². The molecule has 0 radical (unpaired) electrons. The number of pyridine rings is 1. The maximum atomic E-state index is 9.96.